The van der Waals surface area contributed by atoms with Crippen LogP contribution in [0.4, 0.5) is 23.0 Å². The predicted molar refractivity (Wildman–Crippen MR) is 136 cm³/mol. The number of aryl methyl sites for hydroxylation is 1. The van der Waals surface area contributed by atoms with E-state index in [1.807, 2.05) is 19.1 Å². The van der Waals surface area contributed by atoms with Crippen LogP contribution in [0.15, 0.2) is 18.2 Å². The highest BCUT2D eigenvalue weighted by molar-refractivity contribution is 6.31. The van der Waals surface area contributed by atoms with Crippen LogP contribution in [0.3, 0.4) is 0 Å². The SMILES string of the molecule is CCc1nc(C(N)=O)c(Nc2cc(Cl)cc(N3CCN(C)CC3)c2)nc1NC1CCC(O)CC1. The first-order valence-electron chi connectivity index (χ1n) is 12.0. The maximum Gasteiger partial charge on any atom is 0.271 e. The topological polar surface area (TPSA) is 120 Å². The van der Waals surface area contributed by atoms with Crippen molar-refractivity contribution in [2.24, 2.45) is 5.73 Å². The van der Waals surface area contributed by atoms with Gasteiger partial charge in [-0.1, -0.05) is 18.5 Å². The molecule has 1 aliphatic carbocycles. The summed E-state index contributed by atoms with van der Waals surface area (Å²) >= 11 is 6.45. The maximum absolute atomic E-state index is 12.2. The second kappa shape index (κ2) is 10.8. The molecule has 1 aromatic carbocycles. The summed E-state index contributed by atoms with van der Waals surface area (Å²) in [5, 5.41) is 17.1. The van der Waals surface area contributed by atoms with Crippen molar-refractivity contribution in [1.82, 2.24) is 14.9 Å². The van der Waals surface area contributed by atoms with E-state index in [1.165, 1.54) is 0 Å². The van der Waals surface area contributed by atoms with Gasteiger partial charge in [-0.25, -0.2) is 9.97 Å². The molecule has 1 aliphatic heterocycles. The number of hydrogen-bond acceptors (Lipinski definition) is 8. The van der Waals surface area contributed by atoms with Crippen LogP contribution in [0.5, 0.6) is 0 Å². The number of nitrogens with zero attached hydrogens (tertiary/aromatic N) is 4. The van der Waals surface area contributed by atoms with E-state index in [1.54, 1.807) is 6.07 Å². The Morgan fingerprint density at radius 2 is 1.82 bits per heavy atom. The fourth-order valence-electron chi connectivity index (χ4n) is 4.53. The molecule has 2 fully saturated rings. The molecule has 2 aromatic rings. The fraction of sp³-hybridized carbons (Fsp3) is 0.542. The first kappa shape index (κ1) is 24.5. The highest BCUT2D eigenvalue weighted by atomic mass is 35.5. The Morgan fingerprint density at radius 3 is 2.47 bits per heavy atom. The smallest absolute Gasteiger partial charge is 0.271 e. The van der Waals surface area contributed by atoms with Crippen molar-refractivity contribution >= 4 is 40.5 Å². The molecule has 0 unspecified atom stereocenters. The van der Waals surface area contributed by atoms with Gasteiger partial charge >= 0.3 is 0 Å². The minimum Gasteiger partial charge on any atom is -0.393 e. The van der Waals surface area contributed by atoms with E-state index in [0.717, 1.165) is 57.5 Å². The number of amides is 1. The van der Waals surface area contributed by atoms with Gasteiger partial charge in [0.05, 0.1) is 11.8 Å². The lowest BCUT2D eigenvalue weighted by molar-refractivity contribution is 0.0996. The lowest BCUT2D eigenvalue weighted by Crippen LogP contribution is -2.44. The van der Waals surface area contributed by atoms with E-state index in [2.05, 4.69) is 32.5 Å². The zero-order chi connectivity index (χ0) is 24.2. The third kappa shape index (κ3) is 5.89. The summed E-state index contributed by atoms with van der Waals surface area (Å²) in [7, 11) is 2.12. The highest BCUT2D eigenvalue weighted by Gasteiger charge is 2.23. The lowest BCUT2D eigenvalue weighted by atomic mass is 9.93. The minimum atomic E-state index is -0.640. The number of rotatable bonds is 7. The second-order valence-electron chi connectivity index (χ2n) is 9.20. The number of anilines is 4. The first-order valence-corrected chi connectivity index (χ1v) is 12.4. The number of nitrogens with one attached hydrogen (secondary N) is 2. The number of aliphatic hydroxyl groups is 1. The van der Waals surface area contributed by atoms with Crippen LogP contribution in [0.25, 0.3) is 0 Å². The summed E-state index contributed by atoms with van der Waals surface area (Å²) < 4.78 is 0. The Labute approximate surface area is 205 Å². The second-order valence-corrected chi connectivity index (χ2v) is 9.63. The largest absolute Gasteiger partial charge is 0.393 e. The normalized spacial score (nSPS) is 21.4. The zero-order valence-electron chi connectivity index (χ0n) is 19.9. The zero-order valence-corrected chi connectivity index (χ0v) is 20.6. The van der Waals surface area contributed by atoms with Crippen molar-refractivity contribution in [2.75, 3.05) is 48.8 Å². The number of primary amides is 1. The first-order chi connectivity index (χ1) is 16.3. The minimum absolute atomic E-state index is 0.0996. The Balaban J connectivity index is 1.62. The molecule has 2 heterocycles. The summed E-state index contributed by atoms with van der Waals surface area (Å²) in [5.41, 5.74) is 8.18. The average Bonchev–Trinajstić information content (AvgIpc) is 2.80. The number of aliphatic hydroxyl groups excluding tert-OH is 1. The van der Waals surface area contributed by atoms with Gasteiger partial charge in [0.1, 0.15) is 5.82 Å². The third-order valence-corrected chi connectivity index (χ3v) is 6.81. The van der Waals surface area contributed by atoms with Crippen LogP contribution in [0, 0.1) is 0 Å². The molecule has 0 bridgehead atoms. The molecular formula is C24H34ClN7O2. The lowest BCUT2D eigenvalue weighted by Gasteiger charge is -2.34. The molecule has 1 saturated carbocycles. The van der Waals surface area contributed by atoms with E-state index in [4.69, 9.17) is 22.3 Å². The Kier molecular flexibility index (Phi) is 7.75. The van der Waals surface area contributed by atoms with Crippen LogP contribution in [0.1, 0.15) is 48.8 Å². The maximum atomic E-state index is 12.2. The number of aromatic nitrogens is 2. The third-order valence-electron chi connectivity index (χ3n) is 6.59. The van der Waals surface area contributed by atoms with Gasteiger partial charge in [0.15, 0.2) is 11.5 Å². The molecule has 1 aromatic heterocycles. The Bertz CT molecular complexity index is 1020. The highest BCUT2D eigenvalue weighted by Crippen LogP contribution is 2.30. The Morgan fingerprint density at radius 1 is 1.12 bits per heavy atom. The molecule has 10 heteroatoms. The van der Waals surface area contributed by atoms with Crippen LogP contribution < -0.4 is 21.3 Å². The van der Waals surface area contributed by atoms with Crippen LogP contribution in [-0.2, 0) is 6.42 Å². The standard InChI is InChI=1S/C24H34ClN7O2/c1-3-20-23(27-16-4-6-19(33)7-5-16)30-24(21(29-20)22(26)34)28-17-12-15(25)13-18(14-17)32-10-8-31(2)9-11-32/h12-14,16,19,33H,3-11H2,1-2H3,(H2,26,34)(H2,27,28,30). The van der Waals surface area contributed by atoms with Crippen molar-refractivity contribution in [3.8, 4) is 0 Å². The molecule has 1 saturated heterocycles. The van der Waals surface area contributed by atoms with Gasteiger partial charge in [0.25, 0.3) is 5.91 Å². The molecule has 0 radical (unpaired) electrons. The van der Waals surface area contributed by atoms with E-state index in [9.17, 15) is 9.90 Å². The summed E-state index contributed by atoms with van der Waals surface area (Å²) in [6.07, 6.45) is 3.60. The van der Waals surface area contributed by atoms with Crippen molar-refractivity contribution in [1.29, 1.82) is 0 Å². The molecular weight excluding hydrogens is 454 g/mol. The van der Waals surface area contributed by atoms with Crippen LogP contribution >= 0.6 is 11.6 Å². The monoisotopic (exact) mass is 487 g/mol. The van der Waals surface area contributed by atoms with Gasteiger partial charge < -0.3 is 31.3 Å². The van der Waals surface area contributed by atoms with Gasteiger partial charge in [-0.15, -0.1) is 0 Å². The molecule has 0 atom stereocenters. The predicted octanol–water partition coefficient (Wildman–Crippen LogP) is 3.00. The summed E-state index contributed by atoms with van der Waals surface area (Å²) in [4.78, 5) is 26.1. The number of likely N-dealkylation sites (N-methyl/N-ethyl adjacent to an activating group) is 1. The molecule has 0 spiro atoms. The molecule has 184 valence electrons. The fourth-order valence-corrected chi connectivity index (χ4v) is 4.76. The summed E-state index contributed by atoms with van der Waals surface area (Å²) in [6, 6.07) is 5.96. The van der Waals surface area contributed by atoms with E-state index < -0.39 is 5.91 Å². The van der Waals surface area contributed by atoms with Crippen molar-refractivity contribution in [2.45, 2.75) is 51.2 Å². The number of nitrogens with two attached hydrogens (primary N) is 1. The molecule has 2 aliphatic rings. The molecule has 4 rings (SSSR count). The van der Waals surface area contributed by atoms with Gasteiger partial charge in [0.2, 0.25) is 0 Å². The number of hydrogen-bond donors (Lipinski definition) is 4. The molecule has 1 amide bonds. The van der Waals surface area contributed by atoms with E-state index in [0.29, 0.717) is 34.5 Å². The van der Waals surface area contributed by atoms with Gasteiger partial charge in [-0.3, -0.25) is 4.79 Å². The summed E-state index contributed by atoms with van der Waals surface area (Å²) in [6.45, 7) is 5.77. The number of benzene rings is 1. The van der Waals surface area contributed by atoms with Crippen LogP contribution in [0.2, 0.25) is 5.02 Å². The number of carbonyl (C=O) groups excluding carboxylic acids is 1. The van der Waals surface area contributed by atoms with Gasteiger partial charge in [-0.05, 0) is 57.4 Å². The van der Waals surface area contributed by atoms with Gasteiger partial charge in [-0.2, -0.15) is 0 Å². The molecule has 5 N–H and O–H groups in total. The number of halogens is 1. The Hall–Kier alpha value is -2.62. The average molecular weight is 488 g/mol. The van der Waals surface area contributed by atoms with Gasteiger partial charge in [0, 0.05) is 48.6 Å². The number of carbonyl (C=O) groups is 1. The molecule has 9 nitrogen and oxygen atoms in total. The van der Waals surface area contributed by atoms with Crippen molar-refractivity contribution in [3.63, 3.8) is 0 Å². The van der Waals surface area contributed by atoms with E-state index >= 15 is 0 Å². The van der Waals surface area contributed by atoms with Crippen molar-refractivity contribution in [3.05, 3.63) is 34.6 Å². The molecule has 34 heavy (non-hydrogen) atoms. The summed E-state index contributed by atoms with van der Waals surface area (Å²) in [5.74, 6) is 0.297. The van der Waals surface area contributed by atoms with E-state index in [-0.39, 0.29) is 17.8 Å². The number of piperazine rings is 1. The van der Waals surface area contributed by atoms with Crippen molar-refractivity contribution < 1.29 is 9.90 Å². The van der Waals surface area contributed by atoms with Crippen LogP contribution in [-0.4, -0.2) is 71.3 Å². The quantitative estimate of drug-likeness (QED) is 0.470.